The Morgan fingerprint density at radius 2 is 1.90 bits per heavy atom. The van der Waals surface area contributed by atoms with Crippen LogP contribution in [0.4, 0.5) is 0 Å². The molecule has 0 bridgehead atoms. The fraction of sp³-hybridized carbons (Fsp3) is 0.360. The minimum absolute atomic E-state index is 0.0442. The monoisotopic (exact) mass is 422 g/mol. The molecule has 6 heteroatoms. The number of hydrogen-bond donors (Lipinski definition) is 1. The summed E-state index contributed by atoms with van der Waals surface area (Å²) in [6.07, 6.45) is 4.02. The summed E-state index contributed by atoms with van der Waals surface area (Å²) in [7, 11) is 1.58. The van der Waals surface area contributed by atoms with Crippen molar-refractivity contribution in [1.82, 2.24) is 10.2 Å². The molecule has 1 heterocycles. The second kappa shape index (κ2) is 10.7. The van der Waals surface area contributed by atoms with E-state index in [-0.39, 0.29) is 24.5 Å². The number of rotatable bonds is 8. The zero-order valence-corrected chi connectivity index (χ0v) is 18.2. The van der Waals surface area contributed by atoms with Gasteiger partial charge < -0.3 is 19.7 Å². The van der Waals surface area contributed by atoms with E-state index >= 15 is 0 Å². The quantitative estimate of drug-likeness (QED) is 0.661. The summed E-state index contributed by atoms with van der Waals surface area (Å²) in [4.78, 5) is 26.9. The van der Waals surface area contributed by atoms with Gasteiger partial charge in [0.05, 0.1) is 7.11 Å². The van der Waals surface area contributed by atoms with Crippen LogP contribution in [0.3, 0.4) is 0 Å². The van der Waals surface area contributed by atoms with E-state index < -0.39 is 0 Å². The Kier molecular flexibility index (Phi) is 7.70. The number of amides is 2. The van der Waals surface area contributed by atoms with Crippen LogP contribution in [-0.4, -0.2) is 49.6 Å². The minimum Gasteiger partial charge on any atom is -0.493 e. The van der Waals surface area contributed by atoms with Gasteiger partial charge in [0.1, 0.15) is 0 Å². The molecule has 2 aromatic carbocycles. The van der Waals surface area contributed by atoms with Gasteiger partial charge in [-0.05, 0) is 55.5 Å². The van der Waals surface area contributed by atoms with Crippen molar-refractivity contribution in [2.45, 2.75) is 32.2 Å². The molecule has 3 rings (SSSR count). The van der Waals surface area contributed by atoms with Crippen molar-refractivity contribution in [1.29, 1.82) is 0 Å². The van der Waals surface area contributed by atoms with Gasteiger partial charge in [0, 0.05) is 24.7 Å². The Hall–Kier alpha value is -3.28. The van der Waals surface area contributed by atoms with E-state index in [4.69, 9.17) is 9.47 Å². The molecule has 2 amide bonds. The van der Waals surface area contributed by atoms with Gasteiger partial charge in [-0.2, -0.15) is 0 Å². The Labute approximate surface area is 183 Å². The van der Waals surface area contributed by atoms with E-state index in [2.05, 4.69) is 11.9 Å². The summed E-state index contributed by atoms with van der Waals surface area (Å²) < 4.78 is 11.1. The highest BCUT2D eigenvalue weighted by molar-refractivity contribution is 5.95. The third kappa shape index (κ3) is 5.87. The number of aryl methyl sites for hydroxylation is 1. The maximum absolute atomic E-state index is 12.6. The van der Waals surface area contributed by atoms with E-state index in [0.29, 0.717) is 30.2 Å². The Bertz CT molecular complexity index is 933. The fourth-order valence-corrected chi connectivity index (χ4v) is 3.72. The molecule has 1 saturated heterocycles. The maximum atomic E-state index is 12.6. The molecule has 1 aliphatic rings. The van der Waals surface area contributed by atoms with E-state index in [1.807, 2.05) is 55.5 Å². The predicted octanol–water partition coefficient (Wildman–Crippen LogP) is 3.53. The highest BCUT2D eigenvalue weighted by Crippen LogP contribution is 2.28. The third-order valence-electron chi connectivity index (χ3n) is 5.53. The predicted molar refractivity (Wildman–Crippen MR) is 121 cm³/mol. The summed E-state index contributed by atoms with van der Waals surface area (Å²) >= 11 is 0. The lowest BCUT2D eigenvalue weighted by molar-refractivity contribution is -0.134. The smallest absolute Gasteiger partial charge is 0.260 e. The number of nitrogens with zero attached hydrogens (tertiary/aromatic N) is 1. The lowest BCUT2D eigenvalue weighted by atomic mass is 10.0. The first-order chi connectivity index (χ1) is 15.0. The van der Waals surface area contributed by atoms with Crippen LogP contribution in [0.5, 0.6) is 11.5 Å². The van der Waals surface area contributed by atoms with Crippen molar-refractivity contribution in [2.75, 3.05) is 26.8 Å². The molecule has 0 radical (unpaired) electrons. The van der Waals surface area contributed by atoms with Crippen LogP contribution in [0, 0.1) is 6.92 Å². The second-order valence-electron chi connectivity index (χ2n) is 7.71. The number of benzene rings is 2. The standard InChI is InChI=1S/C25H30N2O4/c1-4-7-19-10-11-22(23(16-19)30-3)31-17-24(28)27-14-12-20(13-15-27)26-25(29)21-9-6-5-8-18(21)2/h4-6,8-11,16,20H,1,7,12-15,17H2,2-3H3,(H,26,29). The first kappa shape index (κ1) is 22.4. The van der Waals surface area contributed by atoms with E-state index in [1.165, 1.54) is 0 Å². The molecule has 1 N–H and O–H groups in total. The summed E-state index contributed by atoms with van der Waals surface area (Å²) in [5.41, 5.74) is 2.72. The number of nitrogens with one attached hydrogen (secondary N) is 1. The van der Waals surface area contributed by atoms with Crippen LogP contribution in [-0.2, 0) is 11.2 Å². The van der Waals surface area contributed by atoms with E-state index in [1.54, 1.807) is 12.0 Å². The average Bonchev–Trinajstić information content (AvgIpc) is 2.78. The molecular formula is C25H30N2O4. The average molecular weight is 423 g/mol. The zero-order valence-electron chi connectivity index (χ0n) is 18.2. The van der Waals surface area contributed by atoms with Crippen LogP contribution < -0.4 is 14.8 Å². The third-order valence-corrected chi connectivity index (χ3v) is 5.53. The van der Waals surface area contributed by atoms with Crippen LogP contribution in [0.15, 0.2) is 55.1 Å². The highest BCUT2D eigenvalue weighted by Gasteiger charge is 2.25. The largest absolute Gasteiger partial charge is 0.493 e. The molecule has 1 aliphatic heterocycles. The van der Waals surface area contributed by atoms with Crippen molar-refractivity contribution in [3.05, 3.63) is 71.8 Å². The zero-order chi connectivity index (χ0) is 22.2. The van der Waals surface area contributed by atoms with Gasteiger partial charge >= 0.3 is 0 Å². The first-order valence-electron chi connectivity index (χ1n) is 10.6. The molecule has 6 nitrogen and oxygen atoms in total. The van der Waals surface area contributed by atoms with Crippen molar-refractivity contribution in [3.8, 4) is 11.5 Å². The Morgan fingerprint density at radius 1 is 1.16 bits per heavy atom. The number of carbonyl (C=O) groups excluding carboxylic acids is 2. The van der Waals surface area contributed by atoms with Gasteiger partial charge in [0.15, 0.2) is 18.1 Å². The van der Waals surface area contributed by atoms with Gasteiger partial charge in [-0.1, -0.05) is 30.3 Å². The van der Waals surface area contributed by atoms with Crippen LogP contribution in [0.25, 0.3) is 0 Å². The normalized spacial score (nSPS) is 14.1. The molecular weight excluding hydrogens is 392 g/mol. The molecule has 0 atom stereocenters. The molecule has 0 spiro atoms. The van der Waals surface area contributed by atoms with E-state index in [0.717, 1.165) is 30.4 Å². The van der Waals surface area contributed by atoms with Crippen LogP contribution in [0.2, 0.25) is 0 Å². The first-order valence-corrected chi connectivity index (χ1v) is 10.6. The van der Waals surface area contributed by atoms with Gasteiger partial charge in [-0.25, -0.2) is 0 Å². The number of methoxy groups -OCH3 is 1. The molecule has 0 aromatic heterocycles. The van der Waals surface area contributed by atoms with Crippen molar-refractivity contribution < 1.29 is 19.1 Å². The Morgan fingerprint density at radius 3 is 2.58 bits per heavy atom. The molecule has 0 aliphatic carbocycles. The fourth-order valence-electron chi connectivity index (χ4n) is 3.72. The van der Waals surface area contributed by atoms with Crippen molar-refractivity contribution >= 4 is 11.8 Å². The van der Waals surface area contributed by atoms with Gasteiger partial charge in [0.2, 0.25) is 0 Å². The SMILES string of the molecule is C=CCc1ccc(OCC(=O)N2CCC(NC(=O)c3ccccc3C)CC2)c(OC)c1. The van der Waals surface area contributed by atoms with Crippen LogP contribution in [0.1, 0.15) is 34.3 Å². The van der Waals surface area contributed by atoms with Crippen molar-refractivity contribution in [2.24, 2.45) is 0 Å². The molecule has 2 aromatic rings. The summed E-state index contributed by atoms with van der Waals surface area (Å²) in [5, 5.41) is 3.09. The lowest BCUT2D eigenvalue weighted by Crippen LogP contribution is -2.47. The lowest BCUT2D eigenvalue weighted by Gasteiger charge is -2.32. The minimum atomic E-state index is -0.0686. The Balaban J connectivity index is 1.48. The number of carbonyl (C=O) groups is 2. The number of piperidine rings is 1. The number of ether oxygens (including phenoxy) is 2. The summed E-state index contributed by atoms with van der Waals surface area (Å²) in [6.45, 7) is 6.81. The number of likely N-dealkylation sites (tertiary alicyclic amines) is 1. The molecule has 0 saturated carbocycles. The molecule has 0 unspecified atom stereocenters. The molecule has 164 valence electrons. The topological polar surface area (TPSA) is 67.9 Å². The number of allylic oxidation sites excluding steroid dienone is 1. The van der Waals surface area contributed by atoms with Gasteiger partial charge in [-0.15, -0.1) is 6.58 Å². The summed E-state index contributed by atoms with van der Waals surface area (Å²) in [6, 6.07) is 13.3. The van der Waals surface area contributed by atoms with Crippen molar-refractivity contribution in [3.63, 3.8) is 0 Å². The van der Waals surface area contributed by atoms with Gasteiger partial charge in [0.25, 0.3) is 11.8 Å². The van der Waals surface area contributed by atoms with Crippen LogP contribution >= 0.6 is 0 Å². The van der Waals surface area contributed by atoms with Gasteiger partial charge in [-0.3, -0.25) is 9.59 Å². The molecule has 1 fully saturated rings. The van der Waals surface area contributed by atoms with E-state index in [9.17, 15) is 9.59 Å². The molecule has 31 heavy (non-hydrogen) atoms. The number of hydrogen-bond acceptors (Lipinski definition) is 4. The highest BCUT2D eigenvalue weighted by atomic mass is 16.5. The summed E-state index contributed by atoms with van der Waals surface area (Å²) in [5.74, 6) is 1.02. The maximum Gasteiger partial charge on any atom is 0.260 e. The second-order valence-corrected chi connectivity index (χ2v) is 7.71.